The minimum absolute atomic E-state index is 0.150. The Morgan fingerprint density at radius 1 is 1.64 bits per heavy atom. The van der Waals surface area contributed by atoms with Gasteiger partial charge in [0.15, 0.2) is 5.82 Å². The number of methoxy groups -OCH3 is 1. The summed E-state index contributed by atoms with van der Waals surface area (Å²) in [7, 11) is 2.40. The summed E-state index contributed by atoms with van der Waals surface area (Å²) in [5.74, 6) is -1.83. The number of aromatic nitrogens is 1. The molecule has 0 atom stereocenters. The van der Waals surface area contributed by atoms with Gasteiger partial charge in [0.1, 0.15) is 5.15 Å². The number of halogens is 2. The summed E-state index contributed by atoms with van der Waals surface area (Å²) in [6.45, 7) is 0. The zero-order chi connectivity index (χ0) is 10.9. The second-order valence-corrected chi connectivity index (χ2v) is 2.91. The van der Waals surface area contributed by atoms with Crippen LogP contribution in [0, 0.1) is 5.82 Å². The fourth-order valence-corrected chi connectivity index (χ4v) is 1.14. The highest BCUT2D eigenvalue weighted by Gasteiger charge is 2.16. The SMILES string of the molecule is COC(=O)c1cc(F)c(=O)n(C)c1Cl. The monoisotopic (exact) mass is 219 g/mol. The van der Waals surface area contributed by atoms with Crippen molar-refractivity contribution in [2.45, 2.75) is 0 Å². The number of carbonyl (C=O) groups is 1. The molecule has 4 nitrogen and oxygen atoms in total. The summed E-state index contributed by atoms with van der Waals surface area (Å²) in [6.07, 6.45) is 0. The van der Waals surface area contributed by atoms with Gasteiger partial charge in [-0.05, 0) is 6.07 Å². The Bertz CT molecular complexity index is 441. The molecule has 0 spiro atoms. The standard InChI is InChI=1S/C8H7ClFNO3/c1-11-6(9)4(8(13)14-2)3-5(10)7(11)12/h3H,1-2H3. The van der Waals surface area contributed by atoms with E-state index in [0.29, 0.717) is 0 Å². The average Bonchev–Trinajstić information content (AvgIpc) is 2.19. The van der Waals surface area contributed by atoms with Crippen LogP contribution >= 0.6 is 11.6 Å². The van der Waals surface area contributed by atoms with Crippen molar-refractivity contribution in [3.63, 3.8) is 0 Å². The normalized spacial score (nSPS) is 10.0. The van der Waals surface area contributed by atoms with Crippen molar-refractivity contribution >= 4 is 17.6 Å². The van der Waals surface area contributed by atoms with Gasteiger partial charge >= 0.3 is 5.97 Å². The molecule has 1 heterocycles. The zero-order valence-electron chi connectivity index (χ0n) is 7.51. The van der Waals surface area contributed by atoms with Gasteiger partial charge in [-0.15, -0.1) is 0 Å². The van der Waals surface area contributed by atoms with Crippen LogP contribution in [0.1, 0.15) is 10.4 Å². The number of hydrogen-bond acceptors (Lipinski definition) is 3. The predicted octanol–water partition coefficient (Wildman–Crippen LogP) is 0.964. The third kappa shape index (κ3) is 1.63. The lowest BCUT2D eigenvalue weighted by Crippen LogP contribution is -2.23. The smallest absolute Gasteiger partial charge is 0.341 e. The summed E-state index contributed by atoms with van der Waals surface area (Å²) in [6, 6.07) is 0.760. The van der Waals surface area contributed by atoms with Crippen molar-refractivity contribution < 1.29 is 13.9 Å². The Balaban J connectivity index is 3.48. The summed E-state index contributed by atoms with van der Waals surface area (Å²) in [4.78, 5) is 22.1. The number of rotatable bonds is 1. The first-order chi connectivity index (χ1) is 6.49. The van der Waals surface area contributed by atoms with Crippen LogP contribution in [0.5, 0.6) is 0 Å². The third-order valence-corrected chi connectivity index (χ3v) is 2.16. The Labute approximate surface area is 83.9 Å². The van der Waals surface area contributed by atoms with Gasteiger partial charge in [-0.25, -0.2) is 9.18 Å². The van der Waals surface area contributed by atoms with E-state index >= 15 is 0 Å². The molecule has 76 valence electrons. The molecular weight excluding hydrogens is 213 g/mol. The molecule has 1 aromatic heterocycles. The molecule has 0 saturated heterocycles. The second-order valence-electron chi connectivity index (χ2n) is 2.55. The van der Waals surface area contributed by atoms with Gasteiger partial charge < -0.3 is 4.74 Å². The molecule has 1 rings (SSSR count). The van der Waals surface area contributed by atoms with Crippen molar-refractivity contribution in [1.82, 2.24) is 4.57 Å². The van der Waals surface area contributed by atoms with E-state index < -0.39 is 17.3 Å². The maximum atomic E-state index is 12.9. The number of nitrogens with zero attached hydrogens (tertiary/aromatic N) is 1. The highest BCUT2D eigenvalue weighted by molar-refractivity contribution is 6.32. The topological polar surface area (TPSA) is 48.3 Å². The van der Waals surface area contributed by atoms with E-state index in [1.165, 1.54) is 7.05 Å². The second kappa shape index (κ2) is 3.79. The molecule has 0 aromatic carbocycles. The number of pyridine rings is 1. The van der Waals surface area contributed by atoms with Crippen LogP contribution in [0.2, 0.25) is 5.15 Å². The first-order valence-corrected chi connectivity index (χ1v) is 4.00. The fourth-order valence-electron chi connectivity index (χ4n) is 0.931. The number of carbonyl (C=O) groups excluding carboxylic acids is 1. The highest BCUT2D eigenvalue weighted by atomic mass is 35.5. The van der Waals surface area contributed by atoms with Gasteiger partial charge in [-0.3, -0.25) is 9.36 Å². The van der Waals surface area contributed by atoms with Gasteiger partial charge in [0.2, 0.25) is 0 Å². The van der Waals surface area contributed by atoms with Crippen molar-refractivity contribution in [2.24, 2.45) is 7.05 Å². The van der Waals surface area contributed by atoms with Gasteiger partial charge in [-0.2, -0.15) is 0 Å². The van der Waals surface area contributed by atoms with Crippen molar-refractivity contribution in [3.8, 4) is 0 Å². The molecule has 0 aliphatic rings. The van der Waals surface area contributed by atoms with Crippen LogP contribution in [-0.2, 0) is 11.8 Å². The zero-order valence-corrected chi connectivity index (χ0v) is 8.26. The first kappa shape index (κ1) is 10.7. The molecule has 0 amide bonds. The molecule has 0 fully saturated rings. The molecule has 1 aromatic rings. The Kier molecular flexibility index (Phi) is 2.90. The lowest BCUT2D eigenvalue weighted by Gasteiger charge is -2.06. The van der Waals surface area contributed by atoms with E-state index in [1.807, 2.05) is 0 Å². The first-order valence-electron chi connectivity index (χ1n) is 3.62. The Morgan fingerprint density at radius 3 is 2.71 bits per heavy atom. The summed E-state index contributed by atoms with van der Waals surface area (Å²) < 4.78 is 18.1. The van der Waals surface area contributed by atoms with Crippen LogP contribution in [0.4, 0.5) is 4.39 Å². The average molecular weight is 220 g/mol. The van der Waals surface area contributed by atoms with E-state index in [2.05, 4.69) is 4.74 Å². The van der Waals surface area contributed by atoms with E-state index in [-0.39, 0.29) is 10.7 Å². The lowest BCUT2D eigenvalue weighted by atomic mass is 10.3. The van der Waals surface area contributed by atoms with Gasteiger partial charge in [0.05, 0.1) is 12.7 Å². The number of ether oxygens (including phenoxy) is 1. The maximum absolute atomic E-state index is 12.9. The molecule has 0 aliphatic heterocycles. The summed E-state index contributed by atoms with van der Waals surface area (Å²) in [5.41, 5.74) is -1.06. The predicted molar refractivity (Wildman–Crippen MR) is 48.0 cm³/mol. The number of esters is 1. The molecule has 0 unspecified atom stereocenters. The third-order valence-electron chi connectivity index (χ3n) is 1.70. The summed E-state index contributed by atoms with van der Waals surface area (Å²) in [5, 5.41) is -0.150. The van der Waals surface area contributed by atoms with E-state index in [0.717, 1.165) is 17.7 Å². The van der Waals surface area contributed by atoms with E-state index in [1.54, 1.807) is 0 Å². The molecule has 0 N–H and O–H groups in total. The quantitative estimate of drug-likeness (QED) is 0.522. The molecular formula is C8H7ClFNO3. The molecule has 0 radical (unpaired) electrons. The van der Waals surface area contributed by atoms with Crippen molar-refractivity contribution in [2.75, 3.05) is 7.11 Å². The fraction of sp³-hybridized carbons (Fsp3) is 0.250. The highest BCUT2D eigenvalue weighted by Crippen LogP contribution is 2.14. The van der Waals surface area contributed by atoms with Gasteiger partial charge in [0, 0.05) is 7.05 Å². The van der Waals surface area contributed by atoms with Gasteiger partial charge in [0.25, 0.3) is 5.56 Å². The largest absolute Gasteiger partial charge is 0.465 e. The molecule has 0 saturated carbocycles. The molecule has 0 bridgehead atoms. The maximum Gasteiger partial charge on any atom is 0.341 e. The molecule has 0 aliphatic carbocycles. The van der Waals surface area contributed by atoms with Crippen LogP contribution in [0.15, 0.2) is 10.9 Å². The van der Waals surface area contributed by atoms with Crippen LogP contribution in [0.3, 0.4) is 0 Å². The number of hydrogen-bond donors (Lipinski definition) is 0. The minimum atomic E-state index is -1.04. The Morgan fingerprint density at radius 2 is 2.21 bits per heavy atom. The lowest BCUT2D eigenvalue weighted by molar-refractivity contribution is 0.0599. The molecule has 6 heteroatoms. The Hall–Kier alpha value is -1.36. The van der Waals surface area contributed by atoms with Crippen LogP contribution < -0.4 is 5.56 Å². The van der Waals surface area contributed by atoms with Crippen LogP contribution in [0.25, 0.3) is 0 Å². The summed E-state index contributed by atoms with van der Waals surface area (Å²) >= 11 is 5.64. The van der Waals surface area contributed by atoms with Crippen molar-refractivity contribution in [1.29, 1.82) is 0 Å². The minimum Gasteiger partial charge on any atom is -0.465 e. The molecule has 14 heavy (non-hydrogen) atoms. The van der Waals surface area contributed by atoms with Gasteiger partial charge in [-0.1, -0.05) is 11.6 Å². The van der Waals surface area contributed by atoms with Crippen LogP contribution in [-0.4, -0.2) is 17.6 Å². The van der Waals surface area contributed by atoms with E-state index in [9.17, 15) is 14.0 Å². The van der Waals surface area contributed by atoms with E-state index in [4.69, 9.17) is 11.6 Å². The van der Waals surface area contributed by atoms with Crippen molar-refractivity contribution in [3.05, 3.63) is 33.0 Å².